The van der Waals surface area contributed by atoms with Crippen LogP contribution >= 0.6 is 11.8 Å². The molecule has 0 radical (unpaired) electrons. The van der Waals surface area contributed by atoms with Crippen molar-refractivity contribution in [1.82, 2.24) is 24.2 Å². The van der Waals surface area contributed by atoms with Crippen LogP contribution in [0, 0.1) is 6.92 Å². The summed E-state index contributed by atoms with van der Waals surface area (Å²) in [4.78, 5) is 17.4. The van der Waals surface area contributed by atoms with E-state index in [0.717, 1.165) is 35.1 Å². The summed E-state index contributed by atoms with van der Waals surface area (Å²) in [6.07, 6.45) is 0. The van der Waals surface area contributed by atoms with Gasteiger partial charge in [-0.1, -0.05) is 11.8 Å². The lowest BCUT2D eigenvalue weighted by Crippen LogP contribution is -2.19. The van der Waals surface area contributed by atoms with Crippen molar-refractivity contribution in [2.45, 2.75) is 18.6 Å². The third kappa shape index (κ3) is 2.96. The highest BCUT2D eigenvalue weighted by Gasteiger charge is 2.18. The normalized spacial score (nSPS) is 11.7. The van der Waals surface area contributed by atoms with Gasteiger partial charge in [0.1, 0.15) is 5.52 Å². The second-order valence-corrected chi connectivity index (χ2v) is 5.86. The maximum Gasteiger partial charge on any atom is 0.313 e. The molecule has 2 rings (SSSR count). The summed E-state index contributed by atoms with van der Waals surface area (Å²) in [7, 11) is 5.90. The largest absolute Gasteiger partial charge is 0.481 e. The highest BCUT2D eigenvalue weighted by Crippen LogP contribution is 2.25. The van der Waals surface area contributed by atoms with E-state index in [1.807, 2.05) is 32.6 Å². The molecule has 0 aliphatic carbocycles. The van der Waals surface area contributed by atoms with Gasteiger partial charge in [0.25, 0.3) is 0 Å². The summed E-state index contributed by atoms with van der Waals surface area (Å²) in [5.74, 6) is -0.825. The monoisotopic (exact) mass is 297 g/mol. The Morgan fingerprint density at radius 3 is 2.75 bits per heavy atom. The van der Waals surface area contributed by atoms with Crippen molar-refractivity contribution in [2.75, 3.05) is 26.4 Å². The molecule has 0 amide bonds. The summed E-state index contributed by atoms with van der Waals surface area (Å²) in [5, 5.41) is 13.9. The molecule has 0 unspecified atom stereocenters. The van der Waals surface area contributed by atoms with Crippen LogP contribution in [0.4, 0.5) is 0 Å². The summed E-state index contributed by atoms with van der Waals surface area (Å²) >= 11 is 1.25. The highest BCUT2D eigenvalue weighted by atomic mass is 32.2. The number of aryl methyl sites for hydroxylation is 2. The zero-order valence-electron chi connectivity index (χ0n) is 12.1. The van der Waals surface area contributed by atoms with Crippen LogP contribution in [0.2, 0.25) is 0 Å². The van der Waals surface area contributed by atoms with Crippen LogP contribution < -0.4 is 0 Å². The van der Waals surface area contributed by atoms with E-state index >= 15 is 0 Å². The number of hydrogen-bond acceptors (Lipinski definition) is 5. The van der Waals surface area contributed by atoms with Crippen molar-refractivity contribution in [3.05, 3.63) is 5.69 Å². The molecule has 0 aromatic carbocycles. The standard InChI is InChI=1S/C12H19N5O2S/c1-8-10-11(16(4)14-8)17(6-5-15(2)3)12(13-10)20-7-9(18)19/h5-7H2,1-4H3,(H,18,19). The Bertz CT molecular complexity index is 631. The minimum absolute atomic E-state index is 0.0117. The van der Waals surface area contributed by atoms with Crippen LogP contribution in [0.1, 0.15) is 5.69 Å². The topological polar surface area (TPSA) is 76.2 Å². The van der Waals surface area contributed by atoms with E-state index in [1.165, 1.54) is 11.8 Å². The van der Waals surface area contributed by atoms with Crippen molar-refractivity contribution in [3.8, 4) is 0 Å². The summed E-state index contributed by atoms with van der Waals surface area (Å²) in [5.41, 5.74) is 2.65. The molecule has 0 aliphatic heterocycles. The Morgan fingerprint density at radius 2 is 2.15 bits per heavy atom. The number of aromatic nitrogens is 4. The third-order valence-corrected chi connectivity index (χ3v) is 3.91. The van der Waals surface area contributed by atoms with Crippen LogP contribution in [-0.2, 0) is 18.4 Å². The molecule has 2 aromatic rings. The van der Waals surface area contributed by atoms with E-state index in [4.69, 9.17) is 5.11 Å². The Balaban J connectivity index is 2.40. The van der Waals surface area contributed by atoms with Gasteiger partial charge in [-0.25, -0.2) is 4.98 Å². The molecule has 0 aliphatic rings. The van der Waals surface area contributed by atoms with E-state index in [0.29, 0.717) is 0 Å². The Hall–Kier alpha value is -1.54. The summed E-state index contributed by atoms with van der Waals surface area (Å²) in [6, 6.07) is 0. The lowest BCUT2D eigenvalue weighted by Gasteiger charge is -2.12. The summed E-state index contributed by atoms with van der Waals surface area (Å²) in [6.45, 7) is 3.53. The second kappa shape index (κ2) is 5.84. The Kier molecular flexibility index (Phi) is 4.34. The van der Waals surface area contributed by atoms with Crippen molar-refractivity contribution in [1.29, 1.82) is 0 Å². The zero-order valence-corrected chi connectivity index (χ0v) is 12.9. The van der Waals surface area contributed by atoms with E-state index in [9.17, 15) is 4.79 Å². The van der Waals surface area contributed by atoms with Gasteiger partial charge in [0.15, 0.2) is 10.8 Å². The molecule has 110 valence electrons. The third-order valence-electron chi connectivity index (χ3n) is 2.95. The smallest absolute Gasteiger partial charge is 0.313 e. The molecule has 2 aromatic heterocycles. The lowest BCUT2D eigenvalue weighted by molar-refractivity contribution is -0.133. The second-order valence-electron chi connectivity index (χ2n) is 4.91. The number of likely N-dealkylation sites (N-methyl/N-ethyl adjacent to an activating group) is 1. The van der Waals surface area contributed by atoms with Crippen molar-refractivity contribution in [2.24, 2.45) is 7.05 Å². The fraction of sp³-hybridized carbons (Fsp3) is 0.583. The first-order chi connectivity index (χ1) is 9.40. The van der Waals surface area contributed by atoms with Crippen LogP contribution in [0.3, 0.4) is 0 Å². The molecule has 1 N–H and O–H groups in total. The molecule has 0 saturated carbocycles. The van der Waals surface area contributed by atoms with E-state index < -0.39 is 5.97 Å². The van der Waals surface area contributed by atoms with Gasteiger partial charge in [0.2, 0.25) is 0 Å². The molecule has 0 bridgehead atoms. The Labute approximate surface area is 121 Å². The van der Waals surface area contributed by atoms with Gasteiger partial charge >= 0.3 is 5.97 Å². The maximum atomic E-state index is 10.8. The van der Waals surface area contributed by atoms with Crippen molar-refractivity contribution >= 4 is 28.9 Å². The molecule has 20 heavy (non-hydrogen) atoms. The van der Waals surface area contributed by atoms with Gasteiger partial charge in [-0.15, -0.1) is 0 Å². The molecule has 0 saturated heterocycles. The van der Waals surface area contributed by atoms with Gasteiger partial charge in [0, 0.05) is 20.1 Å². The first-order valence-corrected chi connectivity index (χ1v) is 7.28. The van der Waals surface area contributed by atoms with Crippen LogP contribution in [-0.4, -0.2) is 61.7 Å². The molecule has 0 atom stereocenters. The first kappa shape index (κ1) is 14.9. The first-order valence-electron chi connectivity index (χ1n) is 6.29. The average molecular weight is 297 g/mol. The SMILES string of the molecule is Cc1nn(C)c2c1nc(SCC(=O)O)n2CCN(C)C. The number of hydrogen-bond donors (Lipinski definition) is 1. The number of fused-ring (bicyclic) bond motifs is 1. The predicted molar refractivity (Wildman–Crippen MR) is 78.1 cm³/mol. The average Bonchev–Trinajstić information content (AvgIpc) is 2.83. The van der Waals surface area contributed by atoms with Crippen molar-refractivity contribution < 1.29 is 9.90 Å². The van der Waals surface area contributed by atoms with Crippen molar-refractivity contribution in [3.63, 3.8) is 0 Å². The minimum Gasteiger partial charge on any atom is -0.481 e. The van der Waals surface area contributed by atoms with Gasteiger partial charge in [-0.3, -0.25) is 9.48 Å². The number of imidazole rings is 1. The number of nitrogens with zero attached hydrogens (tertiary/aromatic N) is 5. The fourth-order valence-electron chi connectivity index (χ4n) is 2.05. The number of carboxylic acid groups (broad SMARTS) is 1. The van der Waals surface area contributed by atoms with E-state index in [-0.39, 0.29) is 5.75 Å². The van der Waals surface area contributed by atoms with Gasteiger partial charge in [-0.2, -0.15) is 5.10 Å². The predicted octanol–water partition coefficient (Wildman–Crippen LogP) is 0.817. The van der Waals surface area contributed by atoms with Crippen LogP contribution in [0.5, 0.6) is 0 Å². The highest BCUT2D eigenvalue weighted by molar-refractivity contribution is 7.99. The Morgan fingerprint density at radius 1 is 1.45 bits per heavy atom. The number of carbonyl (C=O) groups is 1. The number of carboxylic acids is 1. The zero-order chi connectivity index (χ0) is 14.9. The van der Waals surface area contributed by atoms with Gasteiger partial charge < -0.3 is 14.6 Å². The number of thioether (sulfide) groups is 1. The fourth-order valence-corrected chi connectivity index (χ4v) is 2.79. The van der Waals surface area contributed by atoms with Gasteiger partial charge in [-0.05, 0) is 21.0 Å². The molecule has 0 spiro atoms. The summed E-state index contributed by atoms with van der Waals surface area (Å²) < 4.78 is 3.85. The molecule has 8 heteroatoms. The molecule has 0 fully saturated rings. The van der Waals surface area contributed by atoms with Crippen LogP contribution in [0.25, 0.3) is 11.2 Å². The van der Waals surface area contributed by atoms with E-state index in [1.54, 1.807) is 4.68 Å². The number of aliphatic carboxylic acids is 1. The van der Waals surface area contributed by atoms with Gasteiger partial charge in [0.05, 0.1) is 11.4 Å². The quantitative estimate of drug-likeness (QED) is 0.795. The minimum atomic E-state index is -0.837. The molecule has 2 heterocycles. The van der Waals surface area contributed by atoms with Crippen LogP contribution in [0.15, 0.2) is 5.16 Å². The molecular weight excluding hydrogens is 278 g/mol. The number of rotatable bonds is 6. The lowest BCUT2D eigenvalue weighted by atomic mass is 10.4. The maximum absolute atomic E-state index is 10.8. The molecule has 7 nitrogen and oxygen atoms in total. The van der Waals surface area contributed by atoms with E-state index in [2.05, 4.69) is 15.0 Å². The molecular formula is C12H19N5O2S.